The van der Waals surface area contributed by atoms with Crippen LogP contribution in [0, 0.1) is 16.0 Å². The molecule has 5 rings (SSSR count). The fourth-order valence-electron chi connectivity index (χ4n) is 4.91. The van der Waals surface area contributed by atoms with E-state index in [-0.39, 0.29) is 17.0 Å². The van der Waals surface area contributed by atoms with E-state index in [2.05, 4.69) is 9.80 Å². The van der Waals surface area contributed by atoms with Crippen LogP contribution in [0.1, 0.15) is 25.6 Å². The molecule has 0 aliphatic carbocycles. The first-order valence-corrected chi connectivity index (χ1v) is 7.69. The lowest BCUT2D eigenvalue weighted by molar-refractivity contribution is -0.991. The highest BCUT2D eigenvalue weighted by Crippen LogP contribution is 2.52. The largest absolute Gasteiger partial charge is 0.595 e. The van der Waals surface area contributed by atoms with Crippen LogP contribution in [0.4, 0.5) is 5.69 Å². The van der Waals surface area contributed by atoms with E-state index < -0.39 is 5.23 Å². The summed E-state index contributed by atoms with van der Waals surface area (Å²) in [5, 5.41) is 20.1. The van der Waals surface area contributed by atoms with Gasteiger partial charge in [-0.25, -0.2) is 5.21 Å². The van der Waals surface area contributed by atoms with Crippen molar-refractivity contribution in [2.75, 3.05) is 26.2 Å². The van der Waals surface area contributed by atoms with E-state index in [1.807, 2.05) is 26.0 Å². The molecule has 0 aromatic heterocycles. The molecule has 1 aromatic rings. The van der Waals surface area contributed by atoms with Gasteiger partial charge < -0.3 is 5.21 Å². The van der Waals surface area contributed by atoms with Crippen molar-refractivity contribution in [2.45, 2.75) is 20.0 Å². The molecule has 4 fully saturated rings. The number of nitrogens with one attached hydrogen (secondary N) is 1. The smallest absolute Gasteiger partial charge is 0.169 e. The van der Waals surface area contributed by atoms with Gasteiger partial charge in [0.1, 0.15) is 5.78 Å². The Balaban J connectivity index is 1.77. The standard InChI is InChI=1S/C16H21N3O3/c1-15-7-17-9-16(2,14(15)20)10-18(8-15)13(17)11-5-3-4-6-12(11)19(21)22/h3-6,13,19,21H,7-10H2,1-2H3. The van der Waals surface area contributed by atoms with Crippen LogP contribution < -0.4 is 5.23 Å². The third kappa shape index (κ3) is 1.76. The molecule has 4 bridgehead atoms. The topological polar surface area (TPSA) is 71.3 Å². The van der Waals surface area contributed by atoms with Crippen molar-refractivity contribution >= 4 is 11.5 Å². The number of hydrogen-bond donors (Lipinski definition) is 2. The van der Waals surface area contributed by atoms with Crippen LogP contribution in [-0.4, -0.2) is 47.0 Å². The van der Waals surface area contributed by atoms with Gasteiger partial charge in [0.15, 0.2) is 5.69 Å². The summed E-state index contributed by atoms with van der Waals surface area (Å²) in [6.45, 7) is 6.97. The van der Waals surface area contributed by atoms with E-state index in [9.17, 15) is 15.2 Å². The number of hydrogen-bond acceptors (Lipinski definition) is 5. The van der Waals surface area contributed by atoms with Gasteiger partial charge in [-0.1, -0.05) is 26.0 Å². The molecular weight excluding hydrogens is 282 g/mol. The molecule has 1 unspecified atom stereocenters. The Morgan fingerprint density at radius 2 is 1.64 bits per heavy atom. The number of benzene rings is 1. The average Bonchev–Trinajstić information content (AvgIpc) is 2.43. The molecule has 6 heteroatoms. The number of ketones is 1. The molecule has 1 atom stereocenters. The molecule has 2 N–H and O–H groups in total. The number of quaternary nitrogens is 1. The van der Waals surface area contributed by atoms with Gasteiger partial charge in [0.2, 0.25) is 0 Å². The van der Waals surface area contributed by atoms with E-state index in [4.69, 9.17) is 0 Å². The molecule has 4 aliphatic rings. The Morgan fingerprint density at radius 1 is 1.14 bits per heavy atom. The molecule has 1 aromatic carbocycles. The van der Waals surface area contributed by atoms with Crippen LogP contribution in [0.5, 0.6) is 0 Å². The zero-order valence-corrected chi connectivity index (χ0v) is 12.9. The van der Waals surface area contributed by atoms with Crippen molar-refractivity contribution in [1.29, 1.82) is 0 Å². The Labute approximate surface area is 129 Å². The molecule has 0 spiro atoms. The summed E-state index contributed by atoms with van der Waals surface area (Å²) in [5.74, 6) is 0.373. The SMILES string of the molecule is CC12CN3CC(C)(CN(C1)C3c1ccccc1[NH+]([O-])O)C2=O. The first-order chi connectivity index (χ1) is 10.3. The number of para-hydroxylation sites is 1. The summed E-state index contributed by atoms with van der Waals surface area (Å²) >= 11 is 0. The maximum absolute atomic E-state index is 12.7. The maximum Gasteiger partial charge on any atom is 0.169 e. The predicted octanol–water partition coefficient (Wildman–Crippen LogP) is 0.315. The van der Waals surface area contributed by atoms with Gasteiger partial charge in [-0.2, -0.15) is 5.23 Å². The number of nitrogens with zero attached hydrogens (tertiary/aromatic N) is 2. The highest BCUT2D eigenvalue weighted by molar-refractivity contribution is 5.92. The average molecular weight is 303 g/mol. The van der Waals surface area contributed by atoms with E-state index >= 15 is 0 Å². The quantitative estimate of drug-likeness (QED) is 0.770. The minimum atomic E-state index is -0.889. The molecule has 22 heavy (non-hydrogen) atoms. The third-order valence-electron chi connectivity index (χ3n) is 5.47. The van der Waals surface area contributed by atoms with Gasteiger partial charge in [-0.05, 0) is 6.07 Å². The summed E-state index contributed by atoms with van der Waals surface area (Å²) < 4.78 is 0. The fraction of sp³-hybridized carbons (Fsp3) is 0.562. The number of piperidine rings is 2. The van der Waals surface area contributed by atoms with Crippen molar-refractivity contribution in [2.24, 2.45) is 10.8 Å². The van der Waals surface area contributed by atoms with Gasteiger partial charge in [-0.15, -0.1) is 0 Å². The van der Waals surface area contributed by atoms with E-state index in [0.29, 0.717) is 11.5 Å². The van der Waals surface area contributed by atoms with Crippen molar-refractivity contribution in [1.82, 2.24) is 9.80 Å². The molecule has 4 saturated heterocycles. The van der Waals surface area contributed by atoms with Crippen molar-refractivity contribution < 1.29 is 15.2 Å². The highest BCUT2D eigenvalue weighted by atomic mass is 16.8. The third-order valence-corrected chi connectivity index (χ3v) is 5.47. The van der Waals surface area contributed by atoms with E-state index in [1.165, 1.54) is 0 Å². The number of carbonyl (C=O) groups is 1. The Bertz CT molecular complexity index is 605. The minimum absolute atomic E-state index is 0.0263. The van der Waals surface area contributed by atoms with Crippen molar-refractivity contribution in [3.8, 4) is 0 Å². The number of rotatable bonds is 2. The van der Waals surface area contributed by atoms with Gasteiger partial charge in [0, 0.05) is 37.8 Å². The summed E-state index contributed by atoms with van der Waals surface area (Å²) in [6.07, 6.45) is -0.0263. The normalized spacial score (nSPS) is 44.4. The van der Waals surface area contributed by atoms with Gasteiger partial charge in [0.05, 0.1) is 17.0 Å². The number of Topliss-reactive ketones (excluding diaryl/α,β-unsaturated/α-hetero) is 1. The van der Waals surface area contributed by atoms with Gasteiger partial charge >= 0.3 is 0 Å². The summed E-state index contributed by atoms with van der Waals surface area (Å²) in [6, 6.07) is 7.23. The van der Waals surface area contributed by atoms with E-state index in [1.54, 1.807) is 12.1 Å². The summed E-state index contributed by atoms with van der Waals surface area (Å²) in [7, 11) is 0. The van der Waals surface area contributed by atoms with Crippen LogP contribution in [0.25, 0.3) is 0 Å². The molecule has 0 saturated carbocycles. The van der Waals surface area contributed by atoms with Crippen molar-refractivity contribution in [3.63, 3.8) is 0 Å². The van der Waals surface area contributed by atoms with Crippen LogP contribution in [0.15, 0.2) is 24.3 Å². The Hall–Kier alpha value is -1.31. The molecule has 4 heterocycles. The monoisotopic (exact) mass is 303 g/mol. The Kier molecular flexibility index (Phi) is 2.84. The van der Waals surface area contributed by atoms with Crippen LogP contribution in [0.3, 0.4) is 0 Å². The molecule has 0 radical (unpaired) electrons. The second-order valence-corrected chi connectivity index (χ2v) is 7.53. The lowest BCUT2D eigenvalue weighted by atomic mass is 9.62. The van der Waals surface area contributed by atoms with Gasteiger partial charge in [-0.3, -0.25) is 14.6 Å². The van der Waals surface area contributed by atoms with Crippen molar-refractivity contribution in [3.05, 3.63) is 35.0 Å². The Morgan fingerprint density at radius 3 is 2.14 bits per heavy atom. The lowest BCUT2D eigenvalue weighted by Gasteiger charge is -2.64. The van der Waals surface area contributed by atoms with Crippen LogP contribution >= 0.6 is 0 Å². The maximum atomic E-state index is 12.7. The molecule has 4 aliphatic heterocycles. The van der Waals surface area contributed by atoms with Crippen LogP contribution in [-0.2, 0) is 4.79 Å². The number of carbonyl (C=O) groups excluding carboxylic acids is 1. The zero-order valence-electron chi connectivity index (χ0n) is 12.9. The fourth-order valence-corrected chi connectivity index (χ4v) is 4.91. The lowest BCUT2D eigenvalue weighted by Crippen LogP contribution is -2.99. The minimum Gasteiger partial charge on any atom is -0.595 e. The predicted molar refractivity (Wildman–Crippen MR) is 79.3 cm³/mol. The van der Waals surface area contributed by atoms with E-state index in [0.717, 1.165) is 31.7 Å². The molecule has 6 nitrogen and oxygen atoms in total. The molecular formula is C16H21N3O3. The second kappa shape index (κ2) is 4.37. The zero-order chi connectivity index (χ0) is 15.7. The first-order valence-electron chi connectivity index (χ1n) is 7.69. The second-order valence-electron chi connectivity index (χ2n) is 7.53. The highest BCUT2D eigenvalue weighted by Gasteiger charge is 2.62. The summed E-state index contributed by atoms with van der Waals surface area (Å²) in [5.41, 5.74) is 0.565. The molecule has 0 amide bonds. The van der Waals surface area contributed by atoms with Crippen LogP contribution in [0.2, 0.25) is 0 Å². The first kappa shape index (κ1) is 14.3. The summed E-state index contributed by atoms with van der Waals surface area (Å²) in [4.78, 5) is 17.3. The molecule has 118 valence electrons. The van der Waals surface area contributed by atoms with Gasteiger partial charge in [0.25, 0.3) is 0 Å².